The number of ether oxygens (including phenoxy) is 2. The molecule has 0 aromatic heterocycles. The van der Waals surface area contributed by atoms with Crippen LogP contribution in [0.4, 0.5) is 14.9 Å². The summed E-state index contributed by atoms with van der Waals surface area (Å²) < 4.78 is 26.1. The van der Waals surface area contributed by atoms with Crippen molar-refractivity contribution in [3.05, 3.63) is 53.3 Å². The molecular formula is C20H21FN2O3. The molecule has 1 saturated heterocycles. The van der Waals surface area contributed by atoms with E-state index in [1.165, 1.54) is 11.0 Å². The van der Waals surface area contributed by atoms with Gasteiger partial charge < -0.3 is 14.8 Å². The van der Waals surface area contributed by atoms with Gasteiger partial charge in [0.2, 0.25) is 0 Å². The molecule has 2 aromatic rings. The Morgan fingerprint density at radius 1 is 1.38 bits per heavy atom. The molecule has 2 unspecified atom stereocenters. The summed E-state index contributed by atoms with van der Waals surface area (Å²) in [6.45, 7) is 5.96. The Bertz CT molecular complexity index is 885. The molecule has 136 valence electrons. The maximum absolute atomic E-state index is 14.1. The Morgan fingerprint density at radius 2 is 2.19 bits per heavy atom. The van der Waals surface area contributed by atoms with Crippen molar-refractivity contribution in [2.24, 2.45) is 0 Å². The van der Waals surface area contributed by atoms with Crippen LogP contribution in [0.1, 0.15) is 37.4 Å². The molecule has 4 rings (SSSR count). The summed E-state index contributed by atoms with van der Waals surface area (Å²) in [5, 5.41) is 3.01. The molecule has 2 atom stereocenters. The number of urea groups is 1. The minimum Gasteiger partial charge on any atom is -0.490 e. The average molecular weight is 356 g/mol. The molecule has 2 amide bonds. The molecule has 2 heterocycles. The highest BCUT2D eigenvalue weighted by Crippen LogP contribution is 2.49. The van der Waals surface area contributed by atoms with Gasteiger partial charge in [-0.1, -0.05) is 18.2 Å². The first-order chi connectivity index (χ1) is 12.4. The number of rotatable bonds is 3. The van der Waals surface area contributed by atoms with Crippen LogP contribution in [0.15, 0.2) is 36.4 Å². The minimum absolute atomic E-state index is 0.178. The number of nitrogens with one attached hydrogen (secondary N) is 1. The van der Waals surface area contributed by atoms with E-state index in [1.807, 2.05) is 32.0 Å². The molecule has 26 heavy (non-hydrogen) atoms. The Balaban J connectivity index is 1.80. The van der Waals surface area contributed by atoms with Crippen LogP contribution in [0.25, 0.3) is 0 Å². The van der Waals surface area contributed by atoms with Crippen LogP contribution in [-0.4, -0.2) is 18.4 Å². The van der Waals surface area contributed by atoms with E-state index < -0.39 is 5.72 Å². The van der Waals surface area contributed by atoms with Gasteiger partial charge in [-0.15, -0.1) is 0 Å². The highest BCUT2D eigenvalue weighted by atomic mass is 19.1. The Kier molecular flexibility index (Phi) is 3.79. The lowest BCUT2D eigenvalue weighted by atomic mass is 9.90. The van der Waals surface area contributed by atoms with Gasteiger partial charge in [-0.2, -0.15) is 0 Å². The Hall–Kier alpha value is -2.76. The van der Waals surface area contributed by atoms with Gasteiger partial charge in [0.05, 0.1) is 18.3 Å². The molecule has 0 radical (unpaired) electrons. The van der Waals surface area contributed by atoms with E-state index in [-0.39, 0.29) is 17.9 Å². The van der Waals surface area contributed by atoms with Crippen molar-refractivity contribution in [3.63, 3.8) is 0 Å². The fourth-order valence-electron chi connectivity index (χ4n) is 3.74. The fraction of sp³-hybridized carbons (Fsp3) is 0.350. The number of benzene rings is 2. The highest BCUT2D eigenvalue weighted by Gasteiger charge is 2.50. The number of hydrogen-bond donors (Lipinski definition) is 1. The third-order valence-electron chi connectivity index (χ3n) is 4.98. The van der Waals surface area contributed by atoms with Crippen molar-refractivity contribution in [3.8, 4) is 11.5 Å². The lowest BCUT2D eigenvalue weighted by molar-refractivity contribution is 0.0343. The van der Waals surface area contributed by atoms with E-state index in [9.17, 15) is 9.18 Å². The maximum atomic E-state index is 14.1. The lowest BCUT2D eigenvalue weighted by Gasteiger charge is -2.50. The van der Waals surface area contributed by atoms with Crippen molar-refractivity contribution in [2.45, 2.75) is 39.0 Å². The predicted molar refractivity (Wildman–Crippen MR) is 96.1 cm³/mol. The molecular weight excluding hydrogens is 335 g/mol. The van der Waals surface area contributed by atoms with Crippen molar-refractivity contribution >= 4 is 11.7 Å². The average Bonchev–Trinajstić information content (AvgIpc) is 2.58. The van der Waals surface area contributed by atoms with Gasteiger partial charge in [0.25, 0.3) is 0 Å². The molecule has 2 bridgehead atoms. The number of fused-ring (bicyclic) bond motifs is 4. The van der Waals surface area contributed by atoms with E-state index in [0.29, 0.717) is 35.8 Å². The molecule has 2 aromatic carbocycles. The molecule has 2 aliphatic heterocycles. The van der Waals surface area contributed by atoms with Crippen LogP contribution < -0.4 is 19.7 Å². The number of nitrogens with zero attached hydrogens (tertiary/aromatic N) is 1. The maximum Gasteiger partial charge on any atom is 0.325 e. The number of carbonyl (C=O) groups is 1. The second kappa shape index (κ2) is 5.90. The van der Waals surface area contributed by atoms with Crippen LogP contribution in [0, 0.1) is 12.7 Å². The van der Waals surface area contributed by atoms with E-state index in [4.69, 9.17) is 9.47 Å². The molecule has 1 N–H and O–H groups in total. The fourth-order valence-corrected chi connectivity index (χ4v) is 3.74. The second-order valence-corrected chi connectivity index (χ2v) is 6.86. The lowest BCUT2D eigenvalue weighted by Crippen LogP contribution is -2.65. The Morgan fingerprint density at radius 3 is 2.92 bits per heavy atom. The third kappa shape index (κ3) is 2.48. The summed E-state index contributed by atoms with van der Waals surface area (Å²) in [6.07, 6.45) is 0.552. The first-order valence-electron chi connectivity index (χ1n) is 8.74. The monoisotopic (exact) mass is 356 g/mol. The van der Waals surface area contributed by atoms with Crippen LogP contribution in [0.5, 0.6) is 11.5 Å². The smallest absolute Gasteiger partial charge is 0.325 e. The molecule has 0 spiro atoms. The number of amides is 2. The Labute approximate surface area is 151 Å². The van der Waals surface area contributed by atoms with Gasteiger partial charge in [-0.05, 0) is 44.5 Å². The first kappa shape index (κ1) is 16.7. The number of para-hydroxylation sites is 1. The number of hydrogen-bond acceptors (Lipinski definition) is 3. The molecule has 6 heteroatoms. The molecule has 0 aliphatic carbocycles. The van der Waals surface area contributed by atoms with Crippen LogP contribution >= 0.6 is 0 Å². The van der Waals surface area contributed by atoms with E-state index in [1.54, 1.807) is 19.1 Å². The second-order valence-electron chi connectivity index (χ2n) is 6.86. The van der Waals surface area contributed by atoms with Crippen LogP contribution in [-0.2, 0) is 0 Å². The van der Waals surface area contributed by atoms with Crippen molar-refractivity contribution < 1.29 is 18.7 Å². The van der Waals surface area contributed by atoms with Crippen LogP contribution in [0.3, 0.4) is 0 Å². The van der Waals surface area contributed by atoms with Crippen LogP contribution in [0.2, 0.25) is 0 Å². The third-order valence-corrected chi connectivity index (χ3v) is 4.98. The van der Waals surface area contributed by atoms with Crippen molar-refractivity contribution in [1.29, 1.82) is 0 Å². The standard InChI is InChI=1S/C20H21FN2O3/c1-4-25-17-7-5-6-14-16-11-20(3,26-18(14)17)23(19(24)22-16)13-9-8-12(2)15(21)10-13/h5-10,16H,4,11H2,1-3H3,(H,22,24). The summed E-state index contributed by atoms with van der Waals surface area (Å²) in [6, 6.07) is 9.96. The minimum atomic E-state index is -0.936. The van der Waals surface area contributed by atoms with E-state index >= 15 is 0 Å². The zero-order chi connectivity index (χ0) is 18.5. The molecule has 1 fully saturated rings. The van der Waals surface area contributed by atoms with Gasteiger partial charge in [0.1, 0.15) is 5.82 Å². The summed E-state index contributed by atoms with van der Waals surface area (Å²) in [5.41, 5.74) is 0.956. The van der Waals surface area contributed by atoms with E-state index in [0.717, 1.165) is 5.56 Å². The largest absolute Gasteiger partial charge is 0.490 e. The zero-order valence-electron chi connectivity index (χ0n) is 15.0. The highest BCUT2D eigenvalue weighted by molar-refractivity contribution is 5.95. The predicted octanol–water partition coefficient (Wildman–Crippen LogP) is 4.30. The SMILES string of the molecule is CCOc1cccc2c1OC1(C)CC2NC(=O)N1c1ccc(C)c(F)c1. The zero-order valence-corrected chi connectivity index (χ0v) is 15.0. The van der Waals surface area contributed by atoms with Gasteiger partial charge in [-0.3, -0.25) is 4.90 Å². The van der Waals surface area contributed by atoms with Gasteiger partial charge in [-0.25, -0.2) is 9.18 Å². The first-order valence-corrected chi connectivity index (χ1v) is 8.74. The summed E-state index contributed by atoms with van der Waals surface area (Å²) >= 11 is 0. The van der Waals surface area contributed by atoms with Gasteiger partial charge in [0.15, 0.2) is 17.2 Å². The van der Waals surface area contributed by atoms with E-state index in [2.05, 4.69) is 5.32 Å². The molecule has 2 aliphatic rings. The number of anilines is 1. The summed E-state index contributed by atoms with van der Waals surface area (Å²) in [7, 11) is 0. The number of aryl methyl sites for hydroxylation is 1. The quantitative estimate of drug-likeness (QED) is 0.892. The molecule has 0 saturated carbocycles. The summed E-state index contributed by atoms with van der Waals surface area (Å²) in [4.78, 5) is 14.3. The topological polar surface area (TPSA) is 50.8 Å². The van der Waals surface area contributed by atoms with Crippen molar-refractivity contribution in [1.82, 2.24) is 5.32 Å². The molecule has 5 nitrogen and oxygen atoms in total. The number of carbonyl (C=O) groups excluding carboxylic acids is 1. The van der Waals surface area contributed by atoms with Crippen molar-refractivity contribution in [2.75, 3.05) is 11.5 Å². The number of halogens is 1. The normalized spacial score (nSPS) is 23.8. The van der Waals surface area contributed by atoms with Gasteiger partial charge >= 0.3 is 6.03 Å². The summed E-state index contributed by atoms with van der Waals surface area (Å²) in [5.74, 6) is 0.921. The van der Waals surface area contributed by atoms with Gasteiger partial charge in [0, 0.05) is 12.0 Å².